The van der Waals surface area contributed by atoms with E-state index in [2.05, 4.69) is 0 Å². The molecule has 0 fully saturated rings. The van der Waals surface area contributed by atoms with Gasteiger partial charge in [0.2, 0.25) is 0 Å². The zero-order chi connectivity index (χ0) is 11.2. The van der Waals surface area contributed by atoms with Crippen molar-refractivity contribution >= 4 is 22.4 Å². The van der Waals surface area contributed by atoms with Gasteiger partial charge in [0.25, 0.3) is 0 Å². The predicted molar refractivity (Wildman–Crippen MR) is 48.8 cm³/mol. The standard InChI is InChI=1S/C10H3ClF4/c11-5-1-4-2-7(13)9(14)10(15)8(4)6(12)3-5/h1-3H. The molecule has 0 aliphatic rings. The highest BCUT2D eigenvalue weighted by Gasteiger charge is 2.16. The first kappa shape index (κ1) is 10.2. The Morgan fingerprint density at radius 1 is 0.800 bits per heavy atom. The molecule has 0 spiro atoms. The van der Waals surface area contributed by atoms with Gasteiger partial charge in [0.15, 0.2) is 17.5 Å². The van der Waals surface area contributed by atoms with Crippen molar-refractivity contribution in [3.8, 4) is 0 Å². The third-order valence-corrected chi connectivity index (χ3v) is 2.21. The van der Waals surface area contributed by atoms with Gasteiger partial charge in [0.1, 0.15) is 5.82 Å². The van der Waals surface area contributed by atoms with Crippen LogP contribution in [-0.2, 0) is 0 Å². The van der Waals surface area contributed by atoms with Crippen LogP contribution in [0.3, 0.4) is 0 Å². The molecule has 0 bridgehead atoms. The third-order valence-electron chi connectivity index (χ3n) is 1.99. The second-order valence-electron chi connectivity index (χ2n) is 2.97. The summed E-state index contributed by atoms with van der Waals surface area (Å²) in [7, 11) is 0. The van der Waals surface area contributed by atoms with Crippen LogP contribution in [0.25, 0.3) is 10.8 Å². The van der Waals surface area contributed by atoms with Gasteiger partial charge in [-0.15, -0.1) is 0 Å². The lowest BCUT2D eigenvalue weighted by Gasteiger charge is -2.03. The highest BCUT2D eigenvalue weighted by molar-refractivity contribution is 6.31. The topological polar surface area (TPSA) is 0 Å². The molecular formula is C10H3ClF4. The van der Waals surface area contributed by atoms with Crippen LogP contribution in [-0.4, -0.2) is 0 Å². The average Bonchev–Trinajstić information content (AvgIpc) is 2.13. The molecule has 0 radical (unpaired) electrons. The Kier molecular flexibility index (Phi) is 2.31. The van der Waals surface area contributed by atoms with Crippen LogP contribution >= 0.6 is 11.6 Å². The summed E-state index contributed by atoms with van der Waals surface area (Å²) in [6.07, 6.45) is 0. The van der Waals surface area contributed by atoms with Crippen molar-refractivity contribution in [1.29, 1.82) is 0 Å². The smallest absolute Gasteiger partial charge is 0.195 e. The lowest BCUT2D eigenvalue weighted by molar-refractivity contribution is 0.451. The Labute approximate surface area is 87.1 Å². The number of fused-ring (bicyclic) bond motifs is 1. The lowest BCUT2D eigenvalue weighted by Crippen LogP contribution is -1.94. The van der Waals surface area contributed by atoms with E-state index in [0.717, 1.165) is 12.1 Å². The second kappa shape index (κ2) is 3.38. The Morgan fingerprint density at radius 3 is 2.13 bits per heavy atom. The fourth-order valence-corrected chi connectivity index (χ4v) is 1.57. The van der Waals surface area contributed by atoms with E-state index in [1.165, 1.54) is 0 Å². The molecule has 2 aromatic carbocycles. The van der Waals surface area contributed by atoms with Crippen molar-refractivity contribution in [1.82, 2.24) is 0 Å². The number of halogens is 5. The molecule has 0 aliphatic carbocycles. The quantitative estimate of drug-likeness (QED) is 0.477. The van der Waals surface area contributed by atoms with Gasteiger partial charge >= 0.3 is 0 Å². The minimum absolute atomic E-state index is 0.00888. The van der Waals surface area contributed by atoms with Crippen LogP contribution in [0.2, 0.25) is 5.02 Å². The van der Waals surface area contributed by atoms with Gasteiger partial charge in [-0.05, 0) is 23.6 Å². The molecule has 0 aromatic heterocycles. The predicted octanol–water partition coefficient (Wildman–Crippen LogP) is 4.05. The summed E-state index contributed by atoms with van der Waals surface area (Å²) < 4.78 is 51.9. The number of hydrogen-bond donors (Lipinski definition) is 0. The Balaban J connectivity index is 2.99. The summed E-state index contributed by atoms with van der Waals surface area (Å²) in [5.41, 5.74) is 0. The monoisotopic (exact) mass is 234 g/mol. The van der Waals surface area contributed by atoms with Gasteiger partial charge in [0, 0.05) is 5.02 Å². The van der Waals surface area contributed by atoms with Crippen molar-refractivity contribution in [2.75, 3.05) is 0 Å². The van der Waals surface area contributed by atoms with Crippen molar-refractivity contribution in [2.24, 2.45) is 0 Å². The van der Waals surface area contributed by atoms with Gasteiger partial charge in [-0.1, -0.05) is 11.6 Å². The summed E-state index contributed by atoms with van der Waals surface area (Å²) in [5.74, 6) is -5.63. The molecule has 15 heavy (non-hydrogen) atoms. The molecule has 0 N–H and O–H groups in total. The molecular weight excluding hydrogens is 232 g/mol. The van der Waals surface area contributed by atoms with Crippen LogP contribution in [0.5, 0.6) is 0 Å². The molecule has 0 amide bonds. The molecule has 0 saturated heterocycles. The van der Waals surface area contributed by atoms with Crippen LogP contribution in [0.15, 0.2) is 18.2 Å². The summed E-state index contributed by atoms with van der Waals surface area (Å²) in [6.45, 7) is 0. The number of hydrogen-bond acceptors (Lipinski definition) is 0. The Morgan fingerprint density at radius 2 is 1.47 bits per heavy atom. The maximum absolute atomic E-state index is 13.2. The van der Waals surface area contributed by atoms with E-state index in [1.54, 1.807) is 0 Å². The normalized spacial score (nSPS) is 11.0. The first-order valence-corrected chi connectivity index (χ1v) is 4.30. The zero-order valence-corrected chi connectivity index (χ0v) is 7.88. The zero-order valence-electron chi connectivity index (χ0n) is 7.12. The number of benzene rings is 2. The second-order valence-corrected chi connectivity index (χ2v) is 3.41. The average molecular weight is 235 g/mol. The molecule has 2 aromatic rings. The fourth-order valence-electron chi connectivity index (χ4n) is 1.35. The van der Waals surface area contributed by atoms with E-state index >= 15 is 0 Å². The highest BCUT2D eigenvalue weighted by Crippen LogP contribution is 2.28. The van der Waals surface area contributed by atoms with Gasteiger partial charge < -0.3 is 0 Å². The summed E-state index contributed by atoms with van der Waals surface area (Å²) >= 11 is 5.49. The minimum atomic E-state index is -1.69. The molecule has 0 aliphatic heterocycles. The molecule has 0 nitrogen and oxygen atoms in total. The van der Waals surface area contributed by atoms with Crippen molar-refractivity contribution in [3.63, 3.8) is 0 Å². The molecule has 78 valence electrons. The van der Waals surface area contributed by atoms with Crippen molar-refractivity contribution in [2.45, 2.75) is 0 Å². The van der Waals surface area contributed by atoms with Crippen LogP contribution < -0.4 is 0 Å². The molecule has 0 heterocycles. The Bertz CT molecular complexity index is 551. The maximum Gasteiger partial charge on any atom is 0.195 e. The lowest BCUT2D eigenvalue weighted by atomic mass is 10.1. The molecule has 0 saturated carbocycles. The van der Waals surface area contributed by atoms with E-state index in [4.69, 9.17) is 11.6 Å². The summed E-state index contributed by atoms with van der Waals surface area (Å²) in [6, 6.07) is 2.69. The van der Waals surface area contributed by atoms with Crippen molar-refractivity contribution < 1.29 is 17.6 Å². The van der Waals surface area contributed by atoms with Gasteiger partial charge in [-0.3, -0.25) is 0 Å². The van der Waals surface area contributed by atoms with E-state index < -0.39 is 28.7 Å². The summed E-state index contributed by atoms with van der Waals surface area (Å²) in [5, 5.41) is -0.722. The molecule has 5 heteroatoms. The first-order chi connectivity index (χ1) is 7.00. The fraction of sp³-hybridized carbons (Fsp3) is 0. The van der Waals surface area contributed by atoms with Crippen LogP contribution in [0.1, 0.15) is 0 Å². The minimum Gasteiger partial charge on any atom is -0.206 e. The molecule has 0 atom stereocenters. The SMILES string of the molecule is Fc1cc2cc(Cl)cc(F)c2c(F)c1F. The largest absolute Gasteiger partial charge is 0.206 e. The van der Waals surface area contributed by atoms with Crippen molar-refractivity contribution in [3.05, 3.63) is 46.5 Å². The highest BCUT2D eigenvalue weighted by atomic mass is 35.5. The van der Waals surface area contributed by atoms with E-state index in [-0.39, 0.29) is 10.4 Å². The Hall–Kier alpha value is -1.29. The van der Waals surface area contributed by atoms with Crippen LogP contribution in [0, 0.1) is 23.3 Å². The molecule has 0 unspecified atom stereocenters. The van der Waals surface area contributed by atoms with E-state index in [1.807, 2.05) is 0 Å². The number of rotatable bonds is 0. The molecule has 2 rings (SSSR count). The maximum atomic E-state index is 13.2. The van der Waals surface area contributed by atoms with E-state index in [0.29, 0.717) is 6.07 Å². The van der Waals surface area contributed by atoms with E-state index in [9.17, 15) is 17.6 Å². The van der Waals surface area contributed by atoms with Gasteiger partial charge in [-0.25, -0.2) is 17.6 Å². The third kappa shape index (κ3) is 1.55. The summed E-state index contributed by atoms with van der Waals surface area (Å²) in [4.78, 5) is 0. The first-order valence-electron chi connectivity index (χ1n) is 3.93. The van der Waals surface area contributed by atoms with Gasteiger partial charge in [-0.2, -0.15) is 0 Å². The van der Waals surface area contributed by atoms with Gasteiger partial charge in [0.05, 0.1) is 5.39 Å². The van der Waals surface area contributed by atoms with Crippen LogP contribution in [0.4, 0.5) is 17.6 Å².